The fraction of sp³-hybridized carbons (Fsp3) is 0.231. The number of carbonyl (C=O) groups excluding carboxylic acids is 1. The van der Waals surface area contributed by atoms with E-state index < -0.39 is 10.0 Å². The molecule has 112 valence electrons. The van der Waals surface area contributed by atoms with Crippen LogP contribution in [0.1, 0.15) is 22.8 Å². The Kier molecular flexibility index (Phi) is 4.27. The van der Waals surface area contributed by atoms with Crippen LogP contribution in [0, 0.1) is 6.92 Å². The van der Waals surface area contributed by atoms with Crippen molar-refractivity contribution in [2.24, 2.45) is 0 Å². The van der Waals surface area contributed by atoms with Gasteiger partial charge in [0, 0.05) is 12.1 Å². The van der Waals surface area contributed by atoms with Crippen molar-refractivity contribution in [1.82, 2.24) is 15.3 Å². The summed E-state index contributed by atoms with van der Waals surface area (Å²) < 4.78 is 26.6. The third-order valence-electron chi connectivity index (χ3n) is 2.83. The van der Waals surface area contributed by atoms with Crippen molar-refractivity contribution < 1.29 is 13.2 Å². The summed E-state index contributed by atoms with van der Waals surface area (Å²) in [5.74, 6) is -0.191. The van der Waals surface area contributed by atoms with Gasteiger partial charge in [0.15, 0.2) is 5.03 Å². The molecule has 21 heavy (non-hydrogen) atoms. The molecule has 0 radical (unpaired) electrons. The van der Waals surface area contributed by atoms with Crippen LogP contribution in [0.15, 0.2) is 35.7 Å². The number of sulfonamides is 1. The number of rotatable bonds is 5. The maximum Gasteiger partial charge on any atom is 0.278 e. The highest BCUT2D eigenvalue weighted by molar-refractivity contribution is 7.92. The molecule has 1 heterocycles. The maximum atomic E-state index is 12.1. The first-order valence-electron chi connectivity index (χ1n) is 6.34. The van der Waals surface area contributed by atoms with Crippen molar-refractivity contribution in [2.45, 2.75) is 18.9 Å². The lowest BCUT2D eigenvalue weighted by Gasteiger charge is -2.10. The predicted octanol–water partition coefficient (Wildman–Crippen LogP) is 1.27. The average molecular weight is 308 g/mol. The molecule has 1 amide bonds. The first-order chi connectivity index (χ1) is 9.94. The predicted molar refractivity (Wildman–Crippen MR) is 78.6 cm³/mol. The van der Waals surface area contributed by atoms with Gasteiger partial charge in [0.1, 0.15) is 0 Å². The number of H-pyrrole nitrogens is 1. The van der Waals surface area contributed by atoms with E-state index in [1.54, 1.807) is 25.1 Å². The Hall–Kier alpha value is -2.35. The van der Waals surface area contributed by atoms with E-state index in [1.807, 2.05) is 6.92 Å². The van der Waals surface area contributed by atoms with Crippen LogP contribution in [-0.4, -0.2) is 30.8 Å². The molecular weight excluding hydrogens is 292 g/mol. The third kappa shape index (κ3) is 3.40. The number of nitrogens with zero attached hydrogens (tertiary/aromatic N) is 1. The minimum absolute atomic E-state index is 0.0188. The number of imidazole rings is 1. The van der Waals surface area contributed by atoms with E-state index in [1.165, 1.54) is 12.5 Å². The Morgan fingerprint density at radius 1 is 1.38 bits per heavy atom. The Labute approximate surface area is 122 Å². The van der Waals surface area contributed by atoms with Crippen molar-refractivity contribution in [2.75, 3.05) is 11.3 Å². The van der Waals surface area contributed by atoms with E-state index in [0.717, 1.165) is 0 Å². The van der Waals surface area contributed by atoms with Gasteiger partial charge in [0.05, 0.1) is 18.2 Å². The number of hydrogen-bond acceptors (Lipinski definition) is 4. The molecule has 0 saturated heterocycles. The molecule has 0 saturated carbocycles. The summed E-state index contributed by atoms with van der Waals surface area (Å²) >= 11 is 0. The molecule has 0 fully saturated rings. The number of aryl methyl sites for hydroxylation is 1. The highest BCUT2D eigenvalue weighted by Crippen LogP contribution is 2.20. The summed E-state index contributed by atoms with van der Waals surface area (Å²) in [6.07, 6.45) is 2.51. The SMILES string of the molecule is CCNC(=O)c1ccc(NS(=O)(=O)c2cnc[nH]2)c(C)c1. The molecule has 1 aromatic heterocycles. The molecule has 3 N–H and O–H groups in total. The van der Waals surface area contributed by atoms with Gasteiger partial charge in [-0.1, -0.05) is 0 Å². The monoisotopic (exact) mass is 308 g/mol. The second kappa shape index (κ2) is 5.96. The van der Waals surface area contributed by atoms with Crippen LogP contribution < -0.4 is 10.0 Å². The molecule has 8 heteroatoms. The van der Waals surface area contributed by atoms with E-state index in [4.69, 9.17) is 0 Å². The highest BCUT2D eigenvalue weighted by atomic mass is 32.2. The quantitative estimate of drug-likeness (QED) is 0.773. The van der Waals surface area contributed by atoms with Gasteiger partial charge in [-0.2, -0.15) is 8.42 Å². The number of benzene rings is 1. The molecule has 0 aliphatic carbocycles. The Morgan fingerprint density at radius 3 is 2.71 bits per heavy atom. The van der Waals surface area contributed by atoms with E-state index in [-0.39, 0.29) is 10.9 Å². The fourth-order valence-electron chi connectivity index (χ4n) is 1.77. The van der Waals surface area contributed by atoms with E-state index >= 15 is 0 Å². The van der Waals surface area contributed by atoms with E-state index in [9.17, 15) is 13.2 Å². The lowest BCUT2D eigenvalue weighted by atomic mass is 10.1. The minimum Gasteiger partial charge on any atom is -0.352 e. The normalized spacial score (nSPS) is 11.1. The van der Waals surface area contributed by atoms with Gasteiger partial charge in [-0.05, 0) is 37.6 Å². The van der Waals surface area contributed by atoms with Crippen molar-refractivity contribution in [3.8, 4) is 0 Å². The van der Waals surface area contributed by atoms with Gasteiger partial charge >= 0.3 is 0 Å². The van der Waals surface area contributed by atoms with Crippen LogP contribution in [0.25, 0.3) is 0 Å². The maximum absolute atomic E-state index is 12.1. The summed E-state index contributed by atoms with van der Waals surface area (Å²) in [6, 6.07) is 4.77. The zero-order valence-electron chi connectivity index (χ0n) is 11.7. The average Bonchev–Trinajstić information content (AvgIpc) is 2.96. The van der Waals surface area contributed by atoms with Gasteiger partial charge < -0.3 is 10.3 Å². The van der Waals surface area contributed by atoms with Crippen molar-refractivity contribution >= 4 is 21.6 Å². The van der Waals surface area contributed by atoms with Gasteiger partial charge in [0.2, 0.25) is 0 Å². The summed E-state index contributed by atoms with van der Waals surface area (Å²) in [5.41, 5.74) is 1.55. The zero-order valence-corrected chi connectivity index (χ0v) is 12.5. The molecule has 0 bridgehead atoms. The molecular formula is C13H16N4O3S. The second-order valence-electron chi connectivity index (χ2n) is 4.41. The second-order valence-corrected chi connectivity index (χ2v) is 6.06. The smallest absolute Gasteiger partial charge is 0.278 e. The van der Waals surface area contributed by atoms with E-state index in [2.05, 4.69) is 20.0 Å². The van der Waals surface area contributed by atoms with E-state index in [0.29, 0.717) is 23.4 Å². The van der Waals surface area contributed by atoms with Crippen LogP contribution in [0.4, 0.5) is 5.69 Å². The largest absolute Gasteiger partial charge is 0.352 e. The summed E-state index contributed by atoms with van der Waals surface area (Å²) in [5, 5.41) is 2.67. The zero-order chi connectivity index (χ0) is 15.5. The molecule has 7 nitrogen and oxygen atoms in total. The van der Waals surface area contributed by atoms with Crippen molar-refractivity contribution in [1.29, 1.82) is 0 Å². The highest BCUT2D eigenvalue weighted by Gasteiger charge is 2.17. The minimum atomic E-state index is -3.70. The number of anilines is 1. The Balaban J connectivity index is 2.24. The molecule has 2 aromatic rings. The molecule has 0 spiro atoms. The van der Waals surface area contributed by atoms with Crippen LogP contribution in [-0.2, 0) is 10.0 Å². The van der Waals surface area contributed by atoms with Crippen molar-refractivity contribution in [3.05, 3.63) is 41.9 Å². The summed E-state index contributed by atoms with van der Waals surface area (Å²) in [6.45, 7) is 4.09. The fourth-order valence-corrected chi connectivity index (χ4v) is 2.81. The Bertz CT molecular complexity index is 739. The topological polar surface area (TPSA) is 104 Å². The van der Waals surface area contributed by atoms with Crippen LogP contribution in [0.3, 0.4) is 0 Å². The van der Waals surface area contributed by atoms with Gasteiger partial charge in [-0.3, -0.25) is 9.52 Å². The standard InChI is InChI=1S/C13H16N4O3S/c1-3-15-13(18)10-4-5-11(9(2)6-10)17-21(19,20)12-7-14-8-16-12/h4-8,17H,3H2,1-2H3,(H,14,16)(H,15,18). The lowest BCUT2D eigenvalue weighted by Crippen LogP contribution is -2.22. The number of hydrogen-bond donors (Lipinski definition) is 3. The molecule has 1 aromatic carbocycles. The molecule has 0 atom stereocenters. The molecule has 0 unspecified atom stereocenters. The molecule has 2 rings (SSSR count). The van der Waals surface area contributed by atoms with Gasteiger partial charge in [-0.15, -0.1) is 0 Å². The third-order valence-corrected chi connectivity index (χ3v) is 4.12. The lowest BCUT2D eigenvalue weighted by molar-refractivity contribution is 0.0956. The first kappa shape index (κ1) is 15.0. The Morgan fingerprint density at radius 2 is 2.14 bits per heavy atom. The van der Waals surface area contributed by atoms with Gasteiger partial charge in [0.25, 0.3) is 15.9 Å². The van der Waals surface area contributed by atoms with Gasteiger partial charge in [-0.25, -0.2) is 4.98 Å². The van der Waals surface area contributed by atoms with Crippen LogP contribution in [0.2, 0.25) is 0 Å². The number of aromatic nitrogens is 2. The molecule has 0 aliphatic heterocycles. The molecule has 0 aliphatic rings. The number of aromatic amines is 1. The number of nitrogens with one attached hydrogen (secondary N) is 3. The van der Waals surface area contributed by atoms with Crippen LogP contribution >= 0.6 is 0 Å². The first-order valence-corrected chi connectivity index (χ1v) is 7.82. The summed E-state index contributed by atoms with van der Waals surface area (Å²) in [7, 11) is -3.70. The van der Waals surface area contributed by atoms with Crippen molar-refractivity contribution in [3.63, 3.8) is 0 Å². The summed E-state index contributed by atoms with van der Waals surface area (Å²) in [4.78, 5) is 17.9. The number of amides is 1. The van der Waals surface area contributed by atoms with Crippen LogP contribution in [0.5, 0.6) is 0 Å². The number of carbonyl (C=O) groups is 1.